The topological polar surface area (TPSA) is 81.2 Å². The minimum atomic E-state index is -0.247. The van der Waals surface area contributed by atoms with E-state index in [4.69, 9.17) is 4.74 Å². The van der Waals surface area contributed by atoms with Crippen LogP contribution in [0.25, 0.3) is 0 Å². The van der Waals surface area contributed by atoms with Crippen LogP contribution >= 0.6 is 0 Å². The number of hydroxylamine groups is 3. The summed E-state index contributed by atoms with van der Waals surface area (Å²) in [6, 6.07) is 0.0544. The van der Waals surface area contributed by atoms with Gasteiger partial charge in [0.25, 0.3) is 0 Å². The average molecular weight is 330 g/mol. The van der Waals surface area contributed by atoms with Gasteiger partial charge in [0.2, 0.25) is 0 Å². The molecule has 6 aliphatic heterocycles. The molecule has 10 unspecified atom stereocenters. The van der Waals surface area contributed by atoms with Crippen molar-refractivity contribution in [3.05, 3.63) is 26.2 Å². The average Bonchev–Trinajstić information content (AvgIpc) is 3.21. The van der Waals surface area contributed by atoms with Crippen LogP contribution in [0.2, 0.25) is 0 Å². The highest BCUT2D eigenvalue weighted by Crippen LogP contribution is 2.90. The van der Waals surface area contributed by atoms with E-state index in [1.165, 1.54) is 4.57 Å². The molecule has 2 spiro atoms. The fourth-order valence-corrected chi connectivity index (χ4v) is 9.62. The molecule has 6 fully saturated rings. The number of nitrogens with zero attached hydrogens (tertiary/aromatic N) is 4. The number of quaternary nitrogens is 1. The highest BCUT2D eigenvalue weighted by atomic mass is 16.6. The maximum Gasteiger partial charge on any atom is 0.347 e. The van der Waals surface area contributed by atoms with Crippen LogP contribution in [-0.2, 0) is 11.8 Å². The molecule has 24 heavy (non-hydrogen) atoms. The number of fused-ring (bicyclic) bond motifs is 1. The standard InChI is InChI=1S/C16H18N4O4/c1-17-13(21)18-11-8-9-6-2-3-7-16(5-24-4-15(6,11)16)12(19(18)14(17)22)10(8)20(7,9)23/h6-12H,2-5H2,1H3. The second-order valence-corrected chi connectivity index (χ2v) is 9.30. The van der Waals surface area contributed by atoms with Gasteiger partial charge in [0.05, 0.1) is 30.6 Å². The number of hydrogen-bond donors (Lipinski definition) is 0. The highest BCUT2D eigenvalue weighted by Gasteiger charge is 3.00. The van der Waals surface area contributed by atoms with Crippen LogP contribution in [0.1, 0.15) is 24.9 Å². The molecule has 4 saturated heterocycles. The maximum atomic E-state index is 14.0. The molecule has 8 aliphatic rings. The molecule has 0 aromatic carbocycles. The molecule has 126 valence electrons. The quantitative estimate of drug-likeness (QED) is 0.449. The first-order valence-electron chi connectivity index (χ1n) is 9.10. The molecule has 10 atom stereocenters. The molecule has 1 aromatic heterocycles. The maximum absolute atomic E-state index is 14.0. The largest absolute Gasteiger partial charge is 0.632 e. The Morgan fingerprint density at radius 1 is 1.08 bits per heavy atom. The normalized spacial score (nSPS) is 64.7. The van der Waals surface area contributed by atoms with Gasteiger partial charge in [-0.1, -0.05) is 0 Å². The van der Waals surface area contributed by atoms with E-state index in [-0.39, 0.29) is 63.0 Å². The summed E-state index contributed by atoms with van der Waals surface area (Å²) in [5.74, 6) is 0.645. The van der Waals surface area contributed by atoms with Crippen LogP contribution in [0.5, 0.6) is 0 Å². The van der Waals surface area contributed by atoms with E-state index in [9.17, 15) is 14.8 Å². The zero-order chi connectivity index (χ0) is 16.0. The SMILES string of the molecule is Cn1c(=O)n2n(c1=O)C1C3C4C2C25COCC12C1CCC5C4[N+]31[O-]. The van der Waals surface area contributed by atoms with Gasteiger partial charge in [0.1, 0.15) is 24.2 Å². The third kappa shape index (κ3) is 0.649. The molecule has 2 saturated carbocycles. The number of rotatable bonds is 0. The Kier molecular flexibility index (Phi) is 1.39. The van der Waals surface area contributed by atoms with E-state index in [2.05, 4.69) is 0 Å². The van der Waals surface area contributed by atoms with Crippen molar-refractivity contribution in [3.8, 4) is 0 Å². The molecule has 1 aromatic rings. The molecule has 8 heteroatoms. The summed E-state index contributed by atoms with van der Waals surface area (Å²) in [7, 11) is 1.57. The third-order valence-electron chi connectivity index (χ3n) is 9.64. The monoisotopic (exact) mass is 330 g/mol. The summed E-state index contributed by atoms with van der Waals surface area (Å²) in [5, 5.41) is 14.0. The summed E-state index contributed by atoms with van der Waals surface area (Å²) < 4.78 is 10.7. The van der Waals surface area contributed by atoms with Crippen LogP contribution in [0.4, 0.5) is 0 Å². The molecular weight excluding hydrogens is 312 g/mol. The van der Waals surface area contributed by atoms with Crippen LogP contribution in [-0.4, -0.2) is 49.9 Å². The Balaban J connectivity index is 1.63. The summed E-state index contributed by atoms with van der Waals surface area (Å²) in [6.07, 6.45) is 2.06. The van der Waals surface area contributed by atoms with Crippen molar-refractivity contribution >= 4 is 0 Å². The van der Waals surface area contributed by atoms with E-state index in [1.54, 1.807) is 16.4 Å². The Bertz CT molecular complexity index is 1010. The van der Waals surface area contributed by atoms with Gasteiger partial charge >= 0.3 is 11.4 Å². The lowest BCUT2D eigenvalue weighted by Gasteiger charge is -2.70. The first-order valence-corrected chi connectivity index (χ1v) is 9.10. The van der Waals surface area contributed by atoms with Crippen LogP contribution in [0, 0.1) is 27.9 Å². The Morgan fingerprint density at radius 3 is 2.58 bits per heavy atom. The third-order valence-corrected chi connectivity index (χ3v) is 9.64. The number of hydrogen-bond acceptors (Lipinski definition) is 4. The van der Waals surface area contributed by atoms with Gasteiger partial charge in [-0.2, -0.15) is 0 Å². The molecule has 0 N–H and O–H groups in total. The minimum absolute atomic E-state index is 0.00287. The van der Waals surface area contributed by atoms with E-state index >= 15 is 0 Å². The van der Waals surface area contributed by atoms with E-state index in [1.807, 2.05) is 0 Å². The number of aromatic nitrogens is 3. The lowest BCUT2D eigenvalue weighted by molar-refractivity contribution is -1.01. The fraction of sp³-hybridized carbons (Fsp3) is 0.875. The van der Waals surface area contributed by atoms with Crippen molar-refractivity contribution < 1.29 is 9.38 Å². The second kappa shape index (κ2) is 2.77. The van der Waals surface area contributed by atoms with Gasteiger partial charge < -0.3 is 14.6 Å². The lowest BCUT2D eigenvalue weighted by atomic mass is 9.46. The zero-order valence-electron chi connectivity index (χ0n) is 13.3. The predicted molar refractivity (Wildman–Crippen MR) is 78.9 cm³/mol. The van der Waals surface area contributed by atoms with Crippen LogP contribution in [0.3, 0.4) is 0 Å². The molecule has 2 aliphatic carbocycles. The molecule has 7 heterocycles. The van der Waals surface area contributed by atoms with Crippen molar-refractivity contribution in [1.29, 1.82) is 0 Å². The minimum Gasteiger partial charge on any atom is -0.632 e. The van der Waals surface area contributed by atoms with Crippen molar-refractivity contribution in [2.75, 3.05) is 13.2 Å². The summed E-state index contributed by atoms with van der Waals surface area (Å²) in [6.45, 7) is 1.27. The molecule has 8 nitrogen and oxygen atoms in total. The summed E-state index contributed by atoms with van der Waals surface area (Å²) in [5.41, 5.74) is -0.744. The van der Waals surface area contributed by atoms with Crippen molar-refractivity contribution in [3.63, 3.8) is 0 Å². The predicted octanol–water partition coefficient (Wildman–Crippen LogP) is -1.05. The Labute approximate surface area is 136 Å². The molecule has 0 radical (unpaired) electrons. The highest BCUT2D eigenvalue weighted by molar-refractivity contribution is 5.39. The smallest absolute Gasteiger partial charge is 0.347 e. The van der Waals surface area contributed by atoms with Gasteiger partial charge in [-0.15, -0.1) is 0 Å². The Morgan fingerprint density at radius 2 is 1.79 bits per heavy atom. The van der Waals surface area contributed by atoms with Gasteiger partial charge in [-0.3, -0.25) is 0 Å². The zero-order valence-corrected chi connectivity index (χ0v) is 13.3. The van der Waals surface area contributed by atoms with Gasteiger partial charge in [-0.25, -0.2) is 23.5 Å². The molecule has 0 amide bonds. The Hall–Kier alpha value is -1.38. The second-order valence-electron chi connectivity index (χ2n) is 9.30. The van der Waals surface area contributed by atoms with Crippen LogP contribution < -0.4 is 11.4 Å². The van der Waals surface area contributed by atoms with E-state index < -0.39 is 0 Å². The van der Waals surface area contributed by atoms with Crippen molar-refractivity contribution in [2.24, 2.45) is 29.7 Å². The molecule has 9 rings (SSSR count). The van der Waals surface area contributed by atoms with E-state index in [0.29, 0.717) is 19.1 Å². The van der Waals surface area contributed by atoms with Crippen molar-refractivity contribution in [2.45, 2.75) is 43.1 Å². The van der Waals surface area contributed by atoms with Gasteiger partial charge in [-0.05, 0) is 6.42 Å². The first-order chi connectivity index (χ1) is 11.5. The van der Waals surface area contributed by atoms with E-state index in [0.717, 1.165) is 12.8 Å². The fourth-order valence-electron chi connectivity index (χ4n) is 9.62. The first kappa shape index (κ1) is 12.1. The number of ether oxygens (including phenoxy) is 1. The summed E-state index contributed by atoms with van der Waals surface area (Å²) in [4.78, 5) is 25.7. The molecule has 4 bridgehead atoms. The summed E-state index contributed by atoms with van der Waals surface area (Å²) >= 11 is 0. The van der Waals surface area contributed by atoms with Crippen molar-refractivity contribution in [1.82, 2.24) is 13.9 Å². The molecular formula is C16H18N4O4. The van der Waals surface area contributed by atoms with Gasteiger partial charge in [0.15, 0.2) is 0 Å². The van der Waals surface area contributed by atoms with Crippen LogP contribution in [0.15, 0.2) is 9.59 Å². The lowest BCUT2D eigenvalue weighted by Crippen LogP contribution is -2.79. The number of piperidine rings is 2. The van der Waals surface area contributed by atoms with Gasteiger partial charge in [0, 0.05) is 24.8 Å².